The van der Waals surface area contributed by atoms with Crippen LogP contribution in [-0.4, -0.2) is 6.61 Å². The minimum atomic E-state index is 0.530. The molecule has 0 N–H and O–H groups in total. The second-order valence-electron chi connectivity index (χ2n) is 2.69. The van der Waals surface area contributed by atoms with E-state index in [1.54, 1.807) is 0 Å². The average Bonchev–Trinajstić information content (AvgIpc) is 2.19. The summed E-state index contributed by atoms with van der Waals surface area (Å²) in [6.07, 6.45) is 0.898. The van der Waals surface area contributed by atoms with Gasteiger partial charge in [0.2, 0.25) is 0 Å². The summed E-state index contributed by atoms with van der Waals surface area (Å²) in [5.74, 6) is 5.89. The molecule has 0 aliphatic rings. The summed E-state index contributed by atoms with van der Waals surface area (Å²) in [5, 5.41) is 0. The fraction of sp³-hybridized carbons (Fsp3) is 0.333. The highest BCUT2D eigenvalue weighted by Gasteiger charge is 1.88. The molecule has 0 aliphatic heterocycles. The second kappa shape index (κ2) is 6.28. The van der Waals surface area contributed by atoms with Gasteiger partial charge >= 0.3 is 0 Å². The normalized spacial score (nSPS) is 9.00. The molecule has 0 aliphatic carbocycles. The molecule has 0 amide bonds. The fourth-order valence-electron chi connectivity index (χ4n) is 0.970. The van der Waals surface area contributed by atoms with Gasteiger partial charge in [0.05, 0.1) is 6.61 Å². The maximum atomic E-state index is 5.35. The Labute approximate surface area is 79.7 Å². The van der Waals surface area contributed by atoms with Crippen LogP contribution in [0.2, 0.25) is 0 Å². The van der Waals surface area contributed by atoms with Crippen LogP contribution in [0.4, 0.5) is 0 Å². The highest BCUT2D eigenvalue weighted by atomic mass is 16.5. The van der Waals surface area contributed by atoms with Gasteiger partial charge in [0.1, 0.15) is 6.61 Å². The summed E-state index contributed by atoms with van der Waals surface area (Å²) in [5.41, 5.74) is 1.20. The lowest BCUT2D eigenvalue weighted by molar-refractivity contribution is 0.153. The monoisotopic (exact) mass is 174 g/mol. The predicted molar refractivity (Wildman–Crippen MR) is 54.2 cm³/mol. The van der Waals surface area contributed by atoms with E-state index >= 15 is 0 Å². The molecule has 0 radical (unpaired) electrons. The molecule has 1 aromatic rings. The van der Waals surface area contributed by atoms with Crippen LogP contribution in [0, 0.1) is 11.8 Å². The molecule has 0 aromatic heterocycles. The van der Waals surface area contributed by atoms with E-state index in [0.29, 0.717) is 13.2 Å². The topological polar surface area (TPSA) is 9.23 Å². The van der Waals surface area contributed by atoms with Gasteiger partial charge < -0.3 is 4.74 Å². The van der Waals surface area contributed by atoms with E-state index in [1.807, 2.05) is 37.3 Å². The quantitative estimate of drug-likeness (QED) is 0.505. The lowest BCUT2D eigenvalue weighted by Crippen LogP contribution is -1.92. The van der Waals surface area contributed by atoms with Crippen molar-refractivity contribution in [1.82, 2.24) is 0 Å². The fourth-order valence-corrected chi connectivity index (χ4v) is 0.970. The van der Waals surface area contributed by atoms with Crippen molar-refractivity contribution >= 4 is 0 Å². The minimum absolute atomic E-state index is 0.530. The maximum absolute atomic E-state index is 5.35. The van der Waals surface area contributed by atoms with Crippen LogP contribution in [0.5, 0.6) is 0 Å². The Balaban J connectivity index is 2.20. The van der Waals surface area contributed by atoms with E-state index < -0.39 is 0 Å². The zero-order chi connectivity index (χ0) is 9.36. The van der Waals surface area contributed by atoms with Gasteiger partial charge in [-0.3, -0.25) is 0 Å². The molecule has 1 aromatic carbocycles. The van der Waals surface area contributed by atoms with Crippen molar-refractivity contribution in [1.29, 1.82) is 0 Å². The van der Waals surface area contributed by atoms with Gasteiger partial charge in [-0.2, -0.15) is 0 Å². The first-order valence-corrected chi connectivity index (χ1v) is 4.51. The summed E-state index contributed by atoms with van der Waals surface area (Å²) in [4.78, 5) is 0. The minimum Gasteiger partial charge on any atom is -0.364 e. The molecule has 0 spiro atoms. The SMILES string of the molecule is CCC#CCOCc1ccccc1. The molecule has 1 nitrogen and oxygen atoms in total. The molecule has 0 fully saturated rings. The Hall–Kier alpha value is -1.26. The third kappa shape index (κ3) is 4.35. The Morgan fingerprint density at radius 3 is 2.62 bits per heavy atom. The van der Waals surface area contributed by atoms with Gasteiger partial charge in [-0.05, 0) is 5.56 Å². The molecule has 0 atom stereocenters. The van der Waals surface area contributed by atoms with Crippen molar-refractivity contribution in [3.8, 4) is 11.8 Å². The summed E-state index contributed by atoms with van der Waals surface area (Å²) >= 11 is 0. The molecule has 13 heavy (non-hydrogen) atoms. The van der Waals surface area contributed by atoms with Crippen LogP contribution < -0.4 is 0 Å². The highest BCUT2D eigenvalue weighted by molar-refractivity contribution is 5.13. The number of hydrogen-bond donors (Lipinski definition) is 0. The van der Waals surface area contributed by atoms with Crippen molar-refractivity contribution in [2.75, 3.05) is 6.61 Å². The van der Waals surface area contributed by atoms with Crippen LogP contribution in [0.1, 0.15) is 18.9 Å². The molecular formula is C12H14O. The van der Waals surface area contributed by atoms with E-state index in [2.05, 4.69) is 11.8 Å². The average molecular weight is 174 g/mol. The molecule has 0 heterocycles. The Morgan fingerprint density at radius 2 is 1.92 bits per heavy atom. The zero-order valence-electron chi connectivity index (χ0n) is 7.92. The summed E-state index contributed by atoms with van der Waals surface area (Å²) in [7, 11) is 0. The van der Waals surface area contributed by atoms with Crippen molar-refractivity contribution < 1.29 is 4.74 Å². The second-order valence-corrected chi connectivity index (χ2v) is 2.69. The van der Waals surface area contributed by atoms with E-state index in [4.69, 9.17) is 4.74 Å². The number of rotatable bonds is 3. The van der Waals surface area contributed by atoms with Crippen LogP contribution in [0.3, 0.4) is 0 Å². The Kier molecular flexibility index (Phi) is 4.74. The lowest BCUT2D eigenvalue weighted by Gasteiger charge is -1.98. The Bertz CT molecular complexity index is 279. The third-order valence-corrected chi connectivity index (χ3v) is 1.59. The van der Waals surface area contributed by atoms with Gasteiger partial charge in [-0.1, -0.05) is 43.2 Å². The van der Waals surface area contributed by atoms with E-state index in [1.165, 1.54) is 5.56 Å². The van der Waals surface area contributed by atoms with Gasteiger partial charge in [0.15, 0.2) is 0 Å². The van der Waals surface area contributed by atoms with Crippen molar-refractivity contribution in [2.24, 2.45) is 0 Å². The zero-order valence-corrected chi connectivity index (χ0v) is 7.92. The number of ether oxygens (including phenoxy) is 1. The largest absolute Gasteiger partial charge is 0.364 e. The van der Waals surface area contributed by atoms with Crippen LogP contribution >= 0.6 is 0 Å². The van der Waals surface area contributed by atoms with Crippen molar-refractivity contribution in [3.05, 3.63) is 35.9 Å². The van der Waals surface area contributed by atoms with E-state index in [0.717, 1.165) is 6.42 Å². The molecular weight excluding hydrogens is 160 g/mol. The smallest absolute Gasteiger partial charge is 0.108 e. The molecule has 68 valence electrons. The molecule has 0 unspecified atom stereocenters. The predicted octanol–water partition coefficient (Wildman–Crippen LogP) is 2.62. The van der Waals surface area contributed by atoms with Gasteiger partial charge in [0, 0.05) is 6.42 Å². The molecule has 1 heteroatoms. The lowest BCUT2D eigenvalue weighted by atomic mass is 10.2. The summed E-state index contributed by atoms with van der Waals surface area (Å²) < 4.78 is 5.35. The first-order chi connectivity index (χ1) is 6.43. The summed E-state index contributed by atoms with van der Waals surface area (Å²) in [6.45, 7) is 3.21. The molecule has 0 bridgehead atoms. The van der Waals surface area contributed by atoms with Crippen molar-refractivity contribution in [2.45, 2.75) is 20.0 Å². The van der Waals surface area contributed by atoms with Crippen LogP contribution in [0.25, 0.3) is 0 Å². The first-order valence-electron chi connectivity index (χ1n) is 4.51. The van der Waals surface area contributed by atoms with E-state index in [-0.39, 0.29) is 0 Å². The highest BCUT2D eigenvalue weighted by Crippen LogP contribution is 1.99. The molecule has 0 saturated carbocycles. The van der Waals surface area contributed by atoms with Gasteiger partial charge in [0.25, 0.3) is 0 Å². The Morgan fingerprint density at radius 1 is 1.15 bits per heavy atom. The van der Waals surface area contributed by atoms with Gasteiger partial charge in [-0.15, -0.1) is 5.92 Å². The maximum Gasteiger partial charge on any atom is 0.108 e. The van der Waals surface area contributed by atoms with Crippen LogP contribution in [-0.2, 0) is 11.3 Å². The van der Waals surface area contributed by atoms with Gasteiger partial charge in [-0.25, -0.2) is 0 Å². The van der Waals surface area contributed by atoms with E-state index in [9.17, 15) is 0 Å². The van der Waals surface area contributed by atoms with Crippen LogP contribution in [0.15, 0.2) is 30.3 Å². The standard InChI is InChI=1S/C12H14O/c1-2-3-7-10-13-11-12-8-5-4-6-9-12/h4-6,8-9H,2,10-11H2,1H3. The summed E-state index contributed by atoms with van der Waals surface area (Å²) in [6, 6.07) is 10.1. The van der Waals surface area contributed by atoms with Crippen molar-refractivity contribution in [3.63, 3.8) is 0 Å². The number of hydrogen-bond acceptors (Lipinski definition) is 1. The molecule has 0 saturated heterocycles. The third-order valence-electron chi connectivity index (χ3n) is 1.59. The first kappa shape index (κ1) is 9.83. The number of benzene rings is 1. The molecule has 1 rings (SSSR count).